The lowest BCUT2D eigenvalue weighted by molar-refractivity contribution is 0.0572. The first kappa shape index (κ1) is 11.3. The van der Waals surface area contributed by atoms with Crippen molar-refractivity contribution in [1.82, 2.24) is 4.90 Å². The van der Waals surface area contributed by atoms with Crippen LogP contribution in [0, 0.1) is 5.82 Å². The highest BCUT2D eigenvalue weighted by Crippen LogP contribution is 2.17. The standard InChI is InChI=1S/C11H15FN2O2/c12-9-3-8(13)2-1-7(9)4-14-5-10(15)11(16)6-14/h1-3,10-11,15-16H,4-6,13H2. The molecule has 1 aliphatic heterocycles. The summed E-state index contributed by atoms with van der Waals surface area (Å²) in [6.07, 6.45) is -1.48. The lowest BCUT2D eigenvalue weighted by Gasteiger charge is -2.15. The van der Waals surface area contributed by atoms with E-state index in [1.165, 1.54) is 6.07 Å². The molecule has 0 aliphatic carbocycles. The Balaban J connectivity index is 2.05. The van der Waals surface area contributed by atoms with Gasteiger partial charge in [0.05, 0.1) is 12.2 Å². The van der Waals surface area contributed by atoms with Crippen LogP contribution < -0.4 is 5.73 Å². The quantitative estimate of drug-likeness (QED) is 0.618. The van der Waals surface area contributed by atoms with Crippen LogP contribution in [0.3, 0.4) is 0 Å². The van der Waals surface area contributed by atoms with Crippen molar-refractivity contribution in [3.05, 3.63) is 29.6 Å². The molecule has 2 unspecified atom stereocenters. The molecule has 0 aromatic heterocycles. The first-order valence-electron chi connectivity index (χ1n) is 5.18. The van der Waals surface area contributed by atoms with Gasteiger partial charge in [-0.1, -0.05) is 6.07 Å². The van der Waals surface area contributed by atoms with Crippen LogP contribution in [0.4, 0.5) is 10.1 Å². The topological polar surface area (TPSA) is 69.7 Å². The van der Waals surface area contributed by atoms with Crippen molar-refractivity contribution in [2.24, 2.45) is 0 Å². The molecule has 0 amide bonds. The van der Waals surface area contributed by atoms with Crippen molar-refractivity contribution in [2.75, 3.05) is 18.8 Å². The Kier molecular flexibility index (Phi) is 3.09. The van der Waals surface area contributed by atoms with Gasteiger partial charge in [0, 0.05) is 30.9 Å². The lowest BCUT2D eigenvalue weighted by atomic mass is 10.2. The third-order valence-electron chi connectivity index (χ3n) is 2.81. The number of rotatable bonds is 2. The minimum Gasteiger partial charge on any atom is -0.399 e. The van der Waals surface area contributed by atoms with Crippen molar-refractivity contribution in [2.45, 2.75) is 18.8 Å². The molecule has 5 heteroatoms. The number of hydrogen-bond donors (Lipinski definition) is 3. The average molecular weight is 226 g/mol. The van der Waals surface area contributed by atoms with E-state index in [1.807, 2.05) is 4.90 Å². The molecule has 2 atom stereocenters. The molecule has 1 aliphatic rings. The Morgan fingerprint density at radius 3 is 2.50 bits per heavy atom. The van der Waals surface area contributed by atoms with Gasteiger partial charge < -0.3 is 15.9 Å². The van der Waals surface area contributed by atoms with Crippen LogP contribution in [-0.2, 0) is 6.54 Å². The molecule has 1 fully saturated rings. The molecule has 88 valence electrons. The van der Waals surface area contributed by atoms with Gasteiger partial charge in [-0.05, 0) is 12.1 Å². The minimum absolute atomic E-state index is 0.351. The molecular formula is C11H15FN2O2. The Labute approximate surface area is 93.1 Å². The molecule has 4 nitrogen and oxygen atoms in total. The van der Waals surface area contributed by atoms with E-state index < -0.39 is 12.2 Å². The molecule has 1 aromatic carbocycles. The number of anilines is 1. The molecule has 1 saturated heterocycles. The zero-order valence-electron chi connectivity index (χ0n) is 8.81. The Morgan fingerprint density at radius 2 is 1.94 bits per heavy atom. The van der Waals surface area contributed by atoms with Crippen molar-refractivity contribution in [3.8, 4) is 0 Å². The number of aliphatic hydroxyl groups is 2. The summed E-state index contributed by atoms with van der Waals surface area (Å²) in [5, 5.41) is 18.7. The minimum atomic E-state index is -0.739. The van der Waals surface area contributed by atoms with Gasteiger partial charge in [-0.3, -0.25) is 4.90 Å². The van der Waals surface area contributed by atoms with Gasteiger partial charge in [0.15, 0.2) is 0 Å². The molecular weight excluding hydrogens is 211 g/mol. The van der Waals surface area contributed by atoms with E-state index >= 15 is 0 Å². The normalized spacial score (nSPS) is 26.2. The Morgan fingerprint density at radius 1 is 1.31 bits per heavy atom. The molecule has 0 spiro atoms. The Hall–Kier alpha value is -1.17. The summed E-state index contributed by atoms with van der Waals surface area (Å²) >= 11 is 0. The van der Waals surface area contributed by atoms with Crippen LogP contribution in [0.2, 0.25) is 0 Å². The van der Waals surface area contributed by atoms with E-state index in [1.54, 1.807) is 12.1 Å². The van der Waals surface area contributed by atoms with E-state index in [0.717, 1.165) is 0 Å². The molecule has 0 saturated carbocycles. The maximum Gasteiger partial charge on any atom is 0.129 e. The highest BCUT2D eigenvalue weighted by atomic mass is 19.1. The fourth-order valence-corrected chi connectivity index (χ4v) is 1.91. The van der Waals surface area contributed by atoms with Crippen LogP contribution >= 0.6 is 0 Å². The number of halogens is 1. The first-order chi connectivity index (χ1) is 7.56. The Bertz CT molecular complexity index is 376. The molecule has 1 heterocycles. The second-order valence-electron chi connectivity index (χ2n) is 4.18. The van der Waals surface area contributed by atoms with Gasteiger partial charge in [0.1, 0.15) is 5.82 Å². The van der Waals surface area contributed by atoms with E-state index in [0.29, 0.717) is 30.9 Å². The highest BCUT2D eigenvalue weighted by molar-refractivity contribution is 5.40. The molecule has 2 rings (SSSR count). The van der Waals surface area contributed by atoms with Gasteiger partial charge in [-0.15, -0.1) is 0 Å². The van der Waals surface area contributed by atoms with Crippen molar-refractivity contribution in [3.63, 3.8) is 0 Å². The van der Waals surface area contributed by atoms with Crippen molar-refractivity contribution < 1.29 is 14.6 Å². The van der Waals surface area contributed by atoms with Crippen LogP contribution in [0.1, 0.15) is 5.56 Å². The van der Waals surface area contributed by atoms with E-state index in [4.69, 9.17) is 5.73 Å². The smallest absolute Gasteiger partial charge is 0.129 e. The first-order valence-corrected chi connectivity index (χ1v) is 5.18. The monoisotopic (exact) mass is 226 g/mol. The number of β-amino-alcohol motifs (C(OH)–C–C–N with tert-alkyl or cyclic N) is 2. The number of nitrogen functional groups attached to an aromatic ring is 1. The lowest BCUT2D eigenvalue weighted by Crippen LogP contribution is -2.22. The SMILES string of the molecule is Nc1ccc(CN2CC(O)C(O)C2)c(F)c1. The van der Waals surface area contributed by atoms with E-state index in [2.05, 4.69) is 0 Å². The fraction of sp³-hybridized carbons (Fsp3) is 0.455. The predicted molar refractivity (Wildman–Crippen MR) is 58.1 cm³/mol. The third kappa shape index (κ3) is 2.32. The zero-order valence-corrected chi connectivity index (χ0v) is 8.81. The van der Waals surface area contributed by atoms with Gasteiger partial charge in [0.25, 0.3) is 0 Å². The number of benzene rings is 1. The van der Waals surface area contributed by atoms with Crippen LogP contribution in [-0.4, -0.2) is 40.4 Å². The van der Waals surface area contributed by atoms with Crippen molar-refractivity contribution in [1.29, 1.82) is 0 Å². The van der Waals surface area contributed by atoms with E-state index in [9.17, 15) is 14.6 Å². The van der Waals surface area contributed by atoms with Crippen LogP contribution in [0.5, 0.6) is 0 Å². The summed E-state index contributed by atoms with van der Waals surface area (Å²) in [6.45, 7) is 1.11. The largest absolute Gasteiger partial charge is 0.399 e. The fourth-order valence-electron chi connectivity index (χ4n) is 1.91. The second-order valence-corrected chi connectivity index (χ2v) is 4.18. The number of nitrogens with zero attached hydrogens (tertiary/aromatic N) is 1. The summed E-state index contributed by atoms with van der Waals surface area (Å²) in [7, 11) is 0. The van der Waals surface area contributed by atoms with Crippen LogP contribution in [0.25, 0.3) is 0 Å². The maximum atomic E-state index is 13.5. The van der Waals surface area contributed by atoms with Gasteiger partial charge in [0.2, 0.25) is 0 Å². The van der Waals surface area contributed by atoms with Gasteiger partial charge >= 0.3 is 0 Å². The van der Waals surface area contributed by atoms with Gasteiger partial charge in [-0.2, -0.15) is 0 Å². The molecule has 0 bridgehead atoms. The number of hydrogen-bond acceptors (Lipinski definition) is 4. The third-order valence-corrected chi connectivity index (χ3v) is 2.81. The van der Waals surface area contributed by atoms with Crippen molar-refractivity contribution >= 4 is 5.69 Å². The molecule has 16 heavy (non-hydrogen) atoms. The second kappa shape index (κ2) is 4.37. The summed E-state index contributed by atoms with van der Waals surface area (Å²) < 4.78 is 13.5. The van der Waals surface area contributed by atoms with E-state index in [-0.39, 0.29) is 5.82 Å². The average Bonchev–Trinajstić information content (AvgIpc) is 2.51. The molecule has 4 N–H and O–H groups in total. The molecule has 1 aromatic rings. The number of nitrogens with two attached hydrogens (primary N) is 1. The van der Waals surface area contributed by atoms with Gasteiger partial charge in [-0.25, -0.2) is 4.39 Å². The summed E-state index contributed by atoms with van der Waals surface area (Å²) in [5.41, 5.74) is 6.36. The summed E-state index contributed by atoms with van der Waals surface area (Å²) in [6, 6.07) is 4.54. The van der Waals surface area contributed by atoms with Crippen LogP contribution in [0.15, 0.2) is 18.2 Å². The maximum absolute atomic E-state index is 13.5. The predicted octanol–water partition coefficient (Wildman–Crippen LogP) is -0.0547. The number of likely N-dealkylation sites (tertiary alicyclic amines) is 1. The summed E-state index contributed by atoms with van der Waals surface area (Å²) in [5.74, 6) is -0.351. The number of aliphatic hydroxyl groups excluding tert-OH is 2. The highest BCUT2D eigenvalue weighted by Gasteiger charge is 2.29. The zero-order chi connectivity index (χ0) is 11.7. The summed E-state index contributed by atoms with van der Waals surface area (Å²) in [4.78, 5) is 1.81. The molecule has 0 radical (unpaired) electrons.